The van der Waals surface area contributed by atoms with Gasteiger partial charge in [0.15, 0.2) is 0 Å². The number of rotatable bonds is 7. The van der Waals surface area contributed by atoms with Crippen molar-refractivity contribution in [2.75, 3.05) is 6.61 Å². The summed E-state index contributed by atoms with van der Waals surface area (Å²) in [5.74, 6) is 0. The summed E-state index contributed by atoms with van der Waals surface area (Å²) in [6, 6.07) is 10.2. The summed E-state index contributed by atoms with van der Waals surface area (Å²) in [6.45, 7) is 4.99. The van der Waals surface area contributed by atoms with Crippen LogP contribution in [0.4, 0.5) is 0 Å². The lowest BCUT2D eigenvalue weighted by Crippen LogP contribution is -2.20. The van der Waals surface area contributed by atoms with Crippen LogP contribution in [0.5, 0.6) is 0 Å². The van der Waals surface area contributed by atoms with Crippen molar-refractivity contribution in [2.45, 2.75) is 39.8 Å². The highest BCUT2D eigenvalue weighted by Crippen LogP contribution is 2.13. The molecule has 0 bridgehead atoms. The minimum absolute atomic E-state index is 0.0761. The summed E-state index contributed by atoms with van der Waals surface area (Å²) in [4.78, 5) is 15.0. The molecular weight excluding hydrogens is 252 g/mol. The molecule has 1 N–H and O–H groups in total. The Bertz CT molecular complexity index is 584. The van der Waals surface area contributed by atoms with E-state index in [1.54, 1.807) is 4.57 Å². The fourth-order valence-corrected chi connectivity index (χ4v) is 2.34. The van der Waals surface area contributed by atoms with Crippen molar-refractivity contribution in [1.29, 1.82) is 0 Å². The van der Waals surface area contributed by atoms with E-state index < -0.39 is 0 Å². The van der Waals surface area contributed by atoms with Gasteiger partial charge < -0.3 is 9.72 Å². The van der Waals surface area contributed by atoms with Crippen LogP contribution in [0.2, 0.25) is 0 Å². The molecule has 4 heteroatoms. The molecule has 0 fully saturated rings. The van der Waals surface area contributed by atoms with Gasteiger partial charge in [-0.2, -0.15) is 0 Å². The maximum atomic E-state index is 12.1. The highest BCUT2D eigenvalue weighted by Gasteiger charge is 2.13. The van der Waals surface area contributed by atoms with Gasteiger partial charge in [0, 0.05) is 24.4 Å². The van der Waals surface area contributed by atoms with E-state index in [2.05, 4.69) is 24.0 Å². The molecule has 0 spiro atoms. The Kier molecular flexibility index (Phi) is 5.18. The molecule has 0 aliphatic carbocycles. The quantitative estimate of drug-likeness (QED) is 0.844. The van der Waals surface area contributed by atoms with Crippen LogP contribution in [-0.4, -0.2) is 16.2 Å². The summed E-state index contributed by atoms with van der Waals surface area (Å²) in [5, 5.41) is 0. The van der Waals surface area contributed by atoms with E-state index in [4.69, 9.17) is 4.74 Å². The zero-order valence-corrected chi connectivity index (χ0v) is 12.2. The molecule has 0 unspecified atom stereocenters. The SMILES string of the molecule is CCCc1c(Cc2ccccc2)[nH]c(=O)n1COCC. The van der Waals surface area contributed by atoms with E-state index in [0.717, 1.165) is 30.7 Å². The predicted octanol–water partition coefficient (Wildman–Crippen LogP) is 2.71. The van der Waals surface area contributed by atoms with Crippen LogP contribution in [0.15, 0.2) is 35.1 Å². The lowest BCUT2D eigenvalue weighted by atomic mass is 10.1. The number of aromatic amines is 1. The van der Waals surface area contributed by atoms with Crippen molar-refractivity contribution in [3.8, 4) is 0 Å². The Hall–Kier alpha value is -1.81. The van der Waals surface area contributed by atoms with E-state index in [-0.39, 0.29) is 5.69 Å². The molecule has 0 amide bonds. The summed E-state index contributed by atoms with van der Waals surface area (Å²) < 4.78 is 7.11. The number of ether oxygens (including phenoxy) is 1. The first-order valence-corrected chi connectivity index (χ1v) is 7.18. The van der Waals surface area contributed by atoms with Gasteiger partial charge in [-0.05, 0) is 18.9 Å². The van der Waals surface area contributed by atoms with E-state index in [9.17, 15) is 4.79 Å². The summed E-state index contributed by atoms with van der Waals surface area (Å²) in [5.41, 5.74) is 3.19. The third-order valence-corrected chi connectivity index (χ3v) is 3.31. The second kappa shape index (κ2) is 7.10. The number of nitrogens with one attached hydrogen (secondary N) is 1. The van der Waals surface area contributed by atoms with Gasteiger partial charge in [-0.25, -0.2) is 4.79 Å². The number of nitrogens with zero attached hydrogens (tertiary/aromatic N) is 1. The molecule has 1 aromatic carbocycles. The van der Waals surface area contributed by atoms with Gasteiger partial charge in [-0.1, -0.05) is 43.7 Å². The van der Waals surface area contributed by atoms with Crippen molar-refractivity contribution >= 4 is 0 Å². The molecule has 0 atom stereocenters. The maximum Gasteiger partial charge on any atom is 0.327 e. The number of benzene rings is 1. The predicted molar refractivity (Wildman–Crippen MR) is 79.9 cm³/mol. The molecule has 0 aliphatic rings. The van der Waals surface area contributed by atoms with Gasteiger partial charge in [-0.3, -0.25) is 4.57 Å². The van der Waals surface area contributed by atoms with Gasteiger partial charge >= 0.3 is 5.69 Å². The van der Waals surface area contributed by atoms with E-state index in [1.165, 1.54) is 5.56 Å². The molecule has 1 aromatic heterocycles. The van der Waals surface area contributed by atoms with Crippen LogP contribution in [0.1, 0.15) is 37.2 Å². The first-order valence-electron chi connectivity index (χ1n) is 7.18. The standard InChI is InChI=1S/C16H22N2O2/c1-3-8-15-14(11-13-9-6-5-7-10-13)17-16(19)18(15)12-20-4-2/h5-7,9-10H,3-4,8,11-12H2,1-2H3,(H,17,19). The third-order valence-electron chi connectivity index (χ3n) is 3.31. The first-order chi connectivity index (χ1) is 9.76. The fraction of sp³-hybridized carbons (Fsp3) is 0.438. The smallest absolute Gasteiger partial charge is 0.327 e. The molecule has 4 nitrogen and oxygen atoms in total. The van der Waals surface area contributed by atoms with Crippen molar-refractivity contribution < 1.29 is 4.74 Å². The maximum absolute atomic E-state index is 12.1. The average molecular weight is 274 g/mol. The van der Waals surface area contributed by atoms with E-state index in [1.807, 2.05) is 25.1 Å². The average Bonchev–Trinajstić information content (AvgIpc) is 2.74. The minimum Gasteiger partial charge on any atom is -0.361 e. The number of hydrogen-bond acceptors (Lipinski definition) is 2. The lowest BCUT2D eigenvalue weighted by Gasteiger charge is -2.08. The van der Waals surface area contributed by atoms with Crippen molar-refractivity contribution in [3.63, 3.8) is 0 Å². The summed E-state index contributed by atoms with van der Waals surface area (Å²) in [7, 11) is 0. The molecule has 2 aromatic rings. The fourth-order valence-electron chi connectivity index (χ4n) is 2.34. The topological polar surface area (TPSA) is 47.0 Å². The van der Waals surface area contributed by atoms with Crippen LogP contribution < -0.4 is 5.69 Å². The summed E-state index contributed by atoms with van der Waals surface area (Å²) >= 11 is 0. The zero-order chi connectivity index (χ0) is 14.4. The largest absolute Gasteiger partial charge is 0.361 e. The van der Waals surface area contributed by atoms with E-state index >= 15 is 0 Å². The highest BCUT2D eigenvalue weighted by atomic mass is 16.5. The van der Waals surface area contributed by atoms with Crippen molar-refractivity contribution in [1.82, 2.24) is 9.55 Å². The van der Waals surface area contributed by atoms with Crippen molar-refractivity contribution in [3.05, 3.63) is 57.8 Å². The zero-order valence-electron chi connectivity index (χ0n) is 12.2. The van der Waals surface area contributed by atoms with Crippen LogP contribution in [0, 0.1) is 0 Å². The number of imidazole rings is 1. The Labute approximate surface area is 119 Å². The van der Waals surface area contributed by atoms with Crippen LogP contribution in [-0.2, 0) is 24.3 Å². The Morgan fingerprint density at radius 1 is 1.20 bits per heavy atom. The number of hydrogen-bond donors (Lipinski definition) is 1. The van der Waals surface area contributed by atoms with Gasteiger partial charge in [0.25, 0.3) is 0 Å². The second-order valence-electron chi connectivity index (χ2n) is 4.82. The van der Waals surface area contributed by atoms with E-state index in [0.29, 0.717) is 13.3 Å². The molecule has 0 radical (unpaired) electrons. The Balaban J connectivity index is 2.30. The minimum atomic E-state index is -0.0761. The molecule has 0 saturated heterocycles. The van der Waals surface area contributed by atoms with Gasteiger partial charge in [-0.15, -0.1) is 0 Å². The normalized spacial score (nSPS) is 10.9. The molecule has 0 saturated carbocycles. The molecule has 2 rings (SSSR count). The third kappa shape index (κ3) is 3.39. The van der Waals surface area contributed by atoms with Crippen molar-refractivity contribution in [2.24, 2.45) is 0 Å². The van der Waals surface area contributed by atoms with Gasteiger partial charge in [0.05, 0.1) is 0 Å². The van der Waals surface area contributed by atoms with Crippen LogP contribution >= 0.6 is 0 Å². The van der Waals surface area contributed by atoms with Crippen LogP contribution in [0.3, 0.4) is 0 Å². The number of aromatic nitrogens is 2. The monoisotopic (exact) mass is 274 g/mol. The van der Waals surface area contributed by atoms with Gasteiger partial charge in [0.2, 0.25) is 0 Å². The van der Waals surface area contributed by atoms with Gasteiger partial charge in [0.1, 0.15) is 6.73 Å². The molecule has 108 valence electrons. The molecular formula is C16H22N2O2. The number of H-pyrrole nitrogens is 1. The molecule has 20 heavy (non-hydrogen) atoms. The molecule has 0 aliphatic heterocycles. The highest BCUT2D eigenvalue weighted by molar-refractivity contribution is 5.25. The first kappa shape index (κ1) is 14.6. The Morgan fingerprint density at radius 2 is 1.95 bits per heavy atom. The molecule has 1 heterocycles. The lowest BCUT2D eigenvalue weighted by molar-refractivity contribution is 0.0836. The second-order valence-corrected chi connectivity index (χ2v) is 4.82. The Morgan fingerprint density at radius 3 is 2.60 bits per heavy atom. The van der Waals surface area contributed by atoms with Crippen LogP contribution in [0.25, 0.3) is 0 Å². The summed E-state index contributed by atoms with van der Waals surface area (Å²) in [6.07, 6.45) is 2.64.